The van der Waals surface area contributed by atoms with Gasteiger partial charge in [-0.15, -0.1) is 11.8 Å². The topological polar surface area (TPSA) is 140 Å². The molecule has 0 amide bonds. The number of carbonyl (C=O) groups is 4. The van der Waals surface area contributed by atoms with E-state index in [9.17, 15) is 19.2 Å². The quantitative estimate of drug-likeness (QED) is 0.421. The minimum atomic E-state index is -1.14. The summed E-state index contributed by atoms with van der Waals surface area (Å²) >= 11 is 1.24. The number of ether oxygens (including phenoxy) is 5. The van der Waals surface area contributed by atoms with Gasteiger partial charge in [0.25, 0.3) is 0 Å². The van der Waals surface area contributed by atoms with Crippen molar-refractivity contribution in [1.82, 2.24) is 0 Å². The fourth-order valence-electron chi connectivity index (χ4n) is 2.51. The monoisotopic (exact) mass is 407 g/mol. The first-order valence-corrected chi connectivity index (χ1v) is 9.32. The van der Waals surface area contributed by atoms with Gasteiger partial charge >= 0.3 is 23.9 Å². The molecule has 11 heteroatoms. The molecule has 0 saturated carbocycles. The summed E-state index contributed by atoms with van der Waals surface area (Å²) in [6.07, 6.45) is -4.24. The van der Waals surface area contributed by atoms with Crippen LogP contribution < -0.4 is 5.73 Å². The molecular weight excluding hydrogens is 382 g/mol. The van der Waals surface area contributed by atoms with Gasteiger partial charge in [-0.25, -0.2) is 0 Å². The molecular formula is C16H25NO9S. The van der Waals surface area contributed by atoms with Gasteiger partial charge in [0.15, 0.2) is 18.3 Å². The van der Waals surface area contributed by atoms with Gasteiger partial charge < -0.3 is 29.4 Å². The minimum Gasteiger partial charge on any atom is -0.463 e. The zero-order chi connectivity index (χ0) is 20.6. The van der Waals surface area contributed by atoms with Gasteiger partial charge in [0.1, 0.15) is 18.1 Å². The van der Waals surface area contributed by atoms with Gasteiger partial charge in [-0.2, -0.15) is 0 Å². The second-order valence-corrected chi connectivity index (χ2v) is 6.93. The highest BCUT2D eigenvalue weighted by Crippen LogP contribution is 2.34. The van der Waals surface area contributed by atoms with Gasteiger partial charge in [-0.05, 0) is 0 Å². The van der Waals surface area contributed by atoms with Crippen molar-refractivity contribution in [3.8, 4) is 0 Å². The van der Waals surface area contributed by atoms with Crippen LogP contribution in [0.5, 0.6) is 0 Å². The molecule has 0 aromatic carbocycles. The lowest BCUT2D eigenvalue weighted by molar-refractivity contribution is -0.237. The third-order valence-electron chi connectivity index (χ3n) is 3.35. The first-order chi connectivity index (χ1) is 12.6. The lowest BCUT2D eigenvalue weighted by atomic mass is 9.99. The predicted molar refractivity (Wildman–Crippen MR) is 93.5 cm³/mol. The highest BCUT2D eigenvalue weighted by Gasteiger charge is 2.52. The summed E-state index contributed by atoms with van der Waals surface area (Å²) in [7, 11) is 0. The molecule has 1 rings (SSSR count). The summed E-state index contributed by atoms with van der Waals surface area (Å²) in [5.41, 5.74) is 4.76. The molecule has 0 spiro atoms. The Balaban J connectivity index is 3.22. The van der Waals surface area contributed by atoms with Crippen molar-refractivity contribution in [2.75, 3.05) is 18.9 Å². The van der Waals surface area contributed by atoms with Crippen molar-refractivity contribution >= 4 is 35.6 Å². The van der Waals surface area contributed by atoms with Gasteiger partial charge in [0, 0.05) is 40.0 Å². The maximum Gasteiger partial charge on any atom is 0.303 e. The van der Waals surface area contributed by atoms with Crippen molar-refractivity contribution < 1.29 is 42.9 Å². The number of hydrogen-bond acceptors (Lipinski definition) is 11. The number of nitrogens with two attached hydrogens (primary N) is 1. The van der Waals surface area contributed by atoms with Gasteiger partial charge in [-0.1, -0.05) is 0 Å². The predicted octanol–water partition coefficient (Wildman–Crippen LogP) is -0.239. The summed E-state index contributed by atoms with van der Waals surface area (Å²) in [5.74, 6) is -2.04. The second kappa shape index (κ2) is 11.1. The summed E-state index contributed by atoms with van der Waals surface area (Å²) in [4.78, 5) is 45.9. The van der Waals surface area contributed by atoms with E-state index in [0.29, 0.717) is 12.3 Å². The van der Waals surface area contributed by atoms with Crippen LogP contribution in [0.25, 0.3) is 0 Å². The third kappa shape index (κ3) is 7.73. The van der Waals surface area contributed by atoms with E-state index < -0.39 is 53.7 Å². The number of rotatable bonds is 8. The Morgan fingerprint density at radius 3 is 1.85 bits per heavy atom. The Bertz CT molecular complexity index is 556. The normalized spacial score (nSPS) is 27.4. The first-order valence-electron chi connectivity index (χ1n) is 8.27. The van der Waals surface area contributed by atoms with Crippen LogP contribution in [0.2, 0.25) is 0 Å². The number of carbonyl (C=O) groups excluding carboxylic acids is 4. The molecule has 1 aliphatic heterocycles. The molecule has 0 aromatic heterocycles. The van der Waals surface area contributed by atoms with Crippen LogP contribution in [-0.2, 0) is 42.9 Å². The van der Waals surface area contributed by atoms with Crippen molar-refractivity contribution in [3.05, 3.63) is 0 Å². The smallest absolute Gasteiger partial charge is 0.303 e. The zero-order valence-electron chi connectivity index (χ0n) is 15.7. The average Bonchev–Trinajstić information content (AvgIpc) is 2.54. The molecule has 1 aliphatic rings. The van der Waals surface area contributed by atoms with Crippen LogP contribution in [0, 0.1) is 0 Å². The second-order valence-electron chi connectivity index (χ2n) is 5.73. The average molecular weight is 407 g/mol. The van der Waals surface area contributed by atoms with E-state index in [0.717, 1.165) is 0 Å². The molecule has 1 fully saturated rings. The maximum absolute atomic E-state index is 11.6. The fraction of sp³-hybridized carbons (Fsp3) is 0.750. The summed E-state index contributed by atoms with van der Waals surface area (Å²) < 4.78 is 26.7. The van der Waals surface area contributed by atoms with E-state index in [1.807, 2.05) is 0 Å². The van der Waals surface area contributed by atoms with E-state index >= 15 is 0 Å². The molecule has 0 aromatic rings. The maximum atomic E-state index is 11.6. The SMILES string of the molecule is CC(=O)OCC1O[C@@H](SCCN)C(OC(C)=O)C(OC(C)=O)[C@@H]1OC(C)=O. The van der Waals surface area contributed by atoms with Gasteiger partial charge in [0.05, 0.1) is 0 Å². The fourth-order valence-corrected chi connectivity index (χ4v) is 3.50. The van der Waals surface area contributed by atoms with Crippen LogP contribution in [0.3, 0.4) is 0 Å². The largest absolute Gasteiger partial charge is 0.463 e. The standard InChI is InChI=1S/C16H25NO9S/c1-8(18)22-7-12-13(23-9(2)19)14(24-10(3)20)15(25-11(4)21)16(26-12)27-6-5-17/h12-16H,5-7,17H2,1-4H3/t12?,13-,14?,15?,16+/m1/s1. The Labute approximate surface area is 161 Å². The molecule has 0 aliphatic carbocycles. The van der Waals surface area contributed by atoms with Gasteiger partial charge in [0.2, 0.25) is 0 Å². The van der Waals surface area contributed by atoms with Crippen molar-refractivity contribution in [1.29, 1.82) is 0 Å². The van der Waals surface area contributed by atoms with Crippen LogP contribution >= 0.6 is 11.8 Å². The molecule has 3 unspecified atom stereocenters. The van der Waals surface area contributed by atoms with E-state index in [1.165, 1.54) is 39.5 Å². The number of esters is 4. The lowest BCUT2D eigenvalue weighted by Gasteiger charge is -2.44. The molecule has 2 N–H and O–H groups in total. The van der Waals surface area contributed by atoms with Crippen molar-refractivity contribution in [2.24, 2.45) is 5.73 Å². The Kier molecular flexibility index (Phi) is 9.53. The Morgan fingerprint density at radius 1 is 0.852 bits per heavy atom. The zero-order valence-corrected chi connectivity index (χ0v) is 16.5. The Morgan fingerprint density at radius 2 is 1.37 bits per heavy atom. The lowest BCUT2D eigenvalue weighted by Crippen LogP contribution is -2.61. The van der Waals surface area contributed by atoms with Gasteiger partial charge in [-0.3, -0.25) is 19.2 Å². The summed E-state index contributed by atoms with van der Waals surface area (Å²) in [6.45, 7) is 4.85. The molecule has 10 nitrogen and oxygen atoms in total. The van der Waals surface area contributed by atoms with Crippen molar-refractivity contribution in [2.45, 2.75) is 57.5 Å². The van der Waals surface area contributed by atoms with Crippen LogP contribution in [0.4, 0.5) is 0 Å². The molecule has 0 radical (unpaired) electrons. The van der Waals surface area contributed by atoms with E-state index in [-0.39, 0.29) is 6.61 Å². The number of hydrogen-bond donors (Lipinski definition) is 1. The molecule has 27 heavy (non-hydrogen) atoms. The van der Waals surface area contributed by atoms with Crippen LogP contribution in [0.1, 0.15) is 27.7 Å². The van der Waals surface area contributed by atoms with Crippen LogP contribution in [-0.4, -0.2) is 72.6 Å². The molecule has 154 valence electrons. The molecule has 0 bridgehead atoms. The van der Waals surface area contributed by atoms with Crippen molar-refractivity contribution in [3.63, 3.8) is 0 Å². The minimum absolute atomic E-state index is 0.239. The highest BCUT2D eigenvalue weighted by molar-refractivity contribution is 7.99. The molecule has 5 atom stereocenters. The third-order valence-corrected chi connectivity index (χ3v) is 4.53. The highest BCUT2D eigenvalue weighted by atomic mass is 32.2. The van der Waals surface area contributed by atoms with E-state index in [4.69, 9.17) is 29.4 Å². The summed E-state index contributed by atoms with van der Waals surface area (Å²) in [6, 6.07) is 0. The molecule has 1 heterocycles. The Hall–Kier alpha value is -1.85. The number of thioether (sulfide) groups is 1. The van der Waals surface area contributed by atoms with Crippen LogP contribution in [0.15, 0.2) is 0 Å². The van der Waals surface area contributed by atoms with E-state index in [2.05, 4.69) is 0 Å². The first kappa shape index (κ1) is 23.2. The summed E-state index contributed by atoms with van der Waals surface area (Å²) in [5, 5.41) is 0. The van der Waals surface area contributed by atoms with E-state index in [1.54, 1.807) is 0 Å². The molecule has 1 saturated heterocycles.